The minimum atomic E-state index is -0.795. The van der Waals surface area contributed by atoms with Crippen LogP contribution >= 0.6 is 0 Å². The molecule has 2 N–H and O–H groups in total. The quantitative estimate of drug-likeness (QED) is 0.457. The number of hydrogen-bond acceptors (Lipinski definition) is 5. The largest absolute Gasteiger partial charge is 0.405 e. The van der Waals surface area contributed by atoms with Crippen LogP contribution in [0.3, 0.4) is 0 Å². The third-order valence-corrected chi connectivity index (χ3v) is 3.68. The molecule has 0 radical (unpaired) electrons. The third-order valence-electron chi connectivity index (χ3n) is 3.68. The Bertz CT molecular complexity index is 951. The molecular weight excluding hydrogens is 352 g/mol. The van der Waals surface area contributed by atoms with Gasteiger partial charge in [0.15, 0.2) is 5.82 Å². The minimum absolute atomic E-state index is 0.194. The molecule has 0 spiro atoms. The summed E-state index contributed by atoms with van der Waals surface area (Å²) in [6.45, 7) is 5.21. The number of allylic oxidation sites excluding steroid dienone is 1. The van der Waals surface area contributed by atoms with E-state index in [9.17, 15) is 13.7 Å². The minimum Gasteiger partial charge on any atom is -0.405 e. The molecule has 0 aliphatic heterocycles. The van der Waals surface area contributed by atoms with Crippen molar-refractivity contribution in [1.29, 1.82) is 0 Å². The Morgan fingerprint density at radius 1 is 1.26 bits per heavy atom. The molecule has 0 fully saturated rings. The molecule has 27 heavy (non-hydrogen) atoms. The van der Waals surface area contributed by atoms with E-state index in [2.05, 4.69) is 20.1 Å². The van der Waals surface area contributed by atoms with Gasteiger partial charge in [0.25, 0.3) is 0 Å². The summed E-state index contributed by atoms with van der Waals surface area (Å²) in [6, 6.07) is 4.95. The van der Waals surface area contributed by atoms with Crippen molar-refractivity contribution >= 4 is 23.1 Å². The maximum absolute atomic E-state index is 14.6. The second-order valence-electron chi connectivity index (χ2n) is 5.65. The van der Waals surface area contributed by atoms with Crippen LogP contribution in [0, 0.1) is 16.5 Å². The smallest absolute Gasteiger partial charge is 0.158 e. The lowest BCUT2D eigenvalue weighted by Crippen LogP contribution is -1.99. The number of aliphatic imine (C=N–C) groups is 2. The Morgan fingerprint density at radius 2 is 2.00 bits per heavy atom. The summed E-state index contributed by atoms with van der Waals surface area (Å²) in [6.07, 6.45) is 3.41. The van der Waals surface area contributed by atoms with Crippen molar-refractivity contribution in [3.05, 3.63) is 58.6 Å². The average molecular weight is 371 g/mol. The fourth-order valence-corrected chi connectivity index (χ4v) is 2.48. The van der Waals surface area contributed by atoms with E-state index in [1.54, 1.807) is 19.9 Å². The van der Waals surface area contributed by atoms with E-state index in [-0.39, 0.29) is 22.8 Å². The number of hydrogen-bond donors (Lipinski definition) is 1. The Labute approximate surface area is 155 Å². The maximum Gasteiger partial charge on any atom is 0.158 e. The molecule has 6 nitrogen and oxygen atoms in total. The molecule has 0 saturated heterocycles. The predicted octanol–water partition coefficient (Wildman–Crippen LogP) is 4.97. The molecule has 1 aromatic heterocycles. The predicted molar refractivity (Wildman–Crippen MR) is 104 cm³/mol. The Balaban J connectivity index is 2.67. The third kappa shape index (κ3) is 4.66. The van der Waals surface area contributed by atoms with Crippen LogP contribution in [0.1, 0.15) is 26.3 Å². The monoisotopic (exact) mass is 371 g/mol. The van der Waals surface area contributed by atoms with E-state index in [1.807, 2.05) is 6.92 Å². The molecule has 1 heterocycles. The molecule has 1 aromatic carbocycles. The molecule has 0 unspecified atom stereocenters. The van der Waals surface area contributed by atoms with Crippen LogP contribution in [0.4, 0.5) is 20.3 Å². The van der Waals surface area contributed by atoms with Gasteiger partial charge in [-0.1, -0.05) is 13.0 Å². The number of nitrogens with two attached hydrogens (primary N) is 1. The van der Waals surface area contributed by atoms with Crippen molar-refractivity contribution < 1.29 is 8.78 Å². The van der Waals surface area contributed by atoms with Crippen molar-refractivity contribution in [3.63, 3.8) is 0 Å². The van der Waals surface area contributed by atoms with E-state index in [0.717, 1.165) is 6.07 Å². The first-order chi connectivity index (χ1) is 12.9. The standard InChI is InChI=1S/C19H19F2N5O/c1-4-13-10-15(21)18(17-14(20)6-5-7-16(17)26-27)25-19(13)24-12(3)23-11(2)8-9-22/h5-10H,4,22H2,1-3H3. The summed E-state index contributed by atoms with van der Waals surface area (Å²) in [5.41, 5.74) is 5.61. The van der Waals surface area contributed by atoms with Gasteiger partial charge in [-0.25, -0.2) is 23.7 Å². The fraction of sp³-hybridized carbons (Fsp3) is 0.211. The number of rotatable bonds is 5. The zero-order valence-corrected chi connectivity index (χ0v) is 15.2. The van der Waals surface area contributed by atoms with Gasteiger partial charge in [-0.3, -0.25) is 0 Å². The molecule has 0 bridgehead atoms. The van der Waals surface area contributed by atoms with Crippen molar-refractivity contribution in [1.82, 2.24) is 4.98 Å². The van der Waals surface area contributed by atoms with Crippen LogP contribution in [-0.4, -0.2) is 16.5 Å². The van der Waals surface area contributed by atoms with Crippen LogP contribution in [0.15, 0.2) is 51.7 Å². The number of amidine groups is 1. The summed E-state index contributed by atoms with van der Waals surface area (Å²) in [4.78, 5) is 23.7. The van der Waals surface area contributed by atoms with Gasteiger partial charge in [0, 0.05) is 5.71 Å². The van der Waals surface area contributed by atoms with Crippen LogP contribution < -0.4 is 5.73 Å². The Hall–Kier alpha value is -3.29. The molecule has 8 heteroatoms. The highest BCUT2D eigenvalue weighted by atomic mass is 19.1. The van der Waals surface area contributed by atoms with Gasteiger partial charge < -0.3 is 5.73 Å². The SMILES string of the molecule is CCc1cc(F)c(-c2c(F)cccc2N=O)nc1N=C(C)N=C(C)C=CN. The lowest BCUT2D eigenvalue weighted by Gasteiger charge is -2.10. The molecule has 2 rings (SSSR count). The number of aromatic nitrogens is 1. The van der Waals surface area contributed by atoms with Crippen molar-refractivity contribution in [3.8, 4) is 11.3 Å². The normalized spacial score (nSPS) is 12.6. The Kier molecular flexibility index (Phi) is 6.59. The molecule has 0 aliphatic rings. The molecule has 2 aromatic rings. The molecule has 140 valence electrons. The van der Waals surface area contributed by atoms with E-state index in [1.165, 1.54) is 24.4 Å². The van der Waals surface area contributed by atoms with Gasteiger partial charge in [-0.2, -0.15) is 0 Å². The van der Waals surface area contributed by atoms with E-state index in [4.69, 9.17) is 5.73 Å². The molecular formula is C19H19F2N5O. The van der Waals surface area contributed by atoms with Gasteiger partial charge in [0.05, 0.1) is 5.56 Å². The first kappa shape index (κ1) is 20.0. The van der Waals surface area contributed by atoms with E-state index in [0.29, 0.717) is 23.5 Å². The molecule has 0 aliphatic carbocycles. The van der Waals surface area contributed by atoms with Gasteiger partial charge in [0.1, 0.15) is 28.9 Å². The molecule has 0 amide bonds. The second kappa shape index (κ2) is 8.88. The summed E-state index contributed by atoms with van der Waals surface area (Å²) in [7, 11) is 0. The molecule has 0 atom stereocenters. The maximum atomic E-state index is 14.6. The van der Waals surface area contributed by atoms with Crippen LogP contribution in [0.25, 0.3) is 11.3 Å². The van der Waals surface area contributed by atoms with Crippen molar-refractivity contribution in [2.75, 3.05) is 0 Å². The van der Waals surface area contributed by atoms with Crippen molar-refractivity contribution in [2.45, 2.75) is 27.2 Å². The first-order valence-corrected chi connectivity index (χ1v) is 8.21. The van der Waals surface area contributed by atoms with E-state index < -0.39 is 11.6 Å². The van der Waals surface area contributed by atoms with Gasteiger partial charge >= 0.3 is 0 Å². The van der Waals surface area contributed by atoms with Gasteiger partial charge in [0.2, 0.25) is 0 Å². The van der Waals surface area contributed by atoms with Crippen LogP contribution in [0.5, 0.6) is 0 Å². The zero-order valence-electron chi connectivity index (χ0n) is 15.2. The summed E-state index contributed by atoms with van der Waals surface area (Å²) < 4.78 is 28.8. The lowest BCUT2D eigenvalue weighted by molar-refractivity contribution is 0.610. The summed E-state index contributed by atoms with van der Waals surface area (Å²) in [5, 5.41) is 2.77. The highest BCUT2D eigenvalue weighted by Gasteiger charge is 2.19. The lowest BCUT2D eigenvalue weighted by atomic mass is 10.1. The first-order valence-electron chi connectivity index (χ1n) is 8.21. The van der Waals surface area contributed by atoms with Crippen LogP contribution in [-0.2, 0) is 6.42 Å². The zero-order chi connectivity index (χ0) is 20.0. The van der Waals surface area contributed by atoms with Crippen LogP contribution in [0.2, 0.25) is 0 Å². The summed E-state index contributed by atoms with van der Waals surface area (Å²) in [5.74, 6) is -0.993. The number of halogens is 2. The fourth-order valence-electron chi connectivity index (χ4n) is 2.48. The average Bonchev–Trinajstić information content (AvgIpc) is 2.62. The summed E-state index contributed by atoms with van der Waals surface area (Å²) >= 11 is 0. The second-order valence-corrected chi connectivity index (χ2v) is 5.65. The van der Waals surface area contributed by atoms with E-state index >= 15 is 0 Å². The van der Waals surface area contributed by atoms with Gasteiger partial charge in [-0.05, 0) is 61.5 Å². The highest BCUT2D eigenvalue weighted by Crippen LogP contribution is 2.35. The molecule has 0 saturated carbocycles. The Morgan fingerprint density at radius 3 is 2.63 bits per heavy atom. The number of nitrogens with zero attached hydrogens (tertiary/aromatic N) is 4. The number of pyridine rings is 1. The van der Waals surface area contributed by atoms with Crippen molar-refractivity contribution in [2.24, 2.45) is 20.9 Å². The number of benzene rings is 1. The number of nitroso groups, excluding NO2 is 1. The topological polar surface area (TPSA) is 93.1 Å². The van der Waals surface area contributed by atoms with Gasteiger partial charge in [-0.15, -0.1) is 4.91 Å². The number of aryl methyl sites for hydroxylation is 1. The highest BCUT2D eigenvalue weighted by molar-refractivity contribution is 6.02.